The fraction of sp³-hybridized carbons (Fsp3) is 0.889. The minimum atomic E-state index is -1.31. The van der Waals surface area contributed by atoms with E-state index in [1.54, 1.807) is 6.92 Å². The number of aliphatic hydroxyl groups excluding tert-OH is 1. The third kappa shape index (κ3) is 9.07. The number of urea groups is 1. The number of ketones is 1. The average molecular weight is 821 g/mol. The Kier molecular flexibility index (Phi) is 14.9. The number of carbonyl (C=O) groups is 3. The van der Waals surface area contributed by atoms with E-state index in [4.69, 9.17) is 23.7 Å². The standard InChI is InChI=1S/C45H76N2O11/c1-12-31(40(50)51)33-17-16-25(5)38(55-33)29(9)36(48)28(8)37(49)32(13-2)39-26(6)24-27(7)44(56-39)21-18-34(47-41(52)46-15-4)45(58-44)23-22-42(11,57-45)35-19-20-43(53,14-3)30(10)54-35/h18,21,25-36,38-39,48,53H,12-17,19-20,22-24H2,1-11H3,(H,50,51)(H2,46,47,52)/t25-,26-,27+,28-,29-,30-,31+,32-,33+,34+,35+,36+,38+,39-,42-,43+,44-,45-/m0/s1. The van der Waals surface area contributed by atoms with Gasteiger partial charge in [0.05, 0.1) is 53.7 Å². The van der Waals surface area contributed by atoms with E-state index in [1.807, 2.05) is 60.6 Å². The molecular weight excluding hydrogens is 744 g/mol. The van der Waals surface area contributed by atoms with E-state index in [-0.39, 0.29) is 47.9 Å². The number of amides is 2. The molecule has 0 bridgehead atoms. The summed E-state index contributed by atoms with van der Waals surface area (Å²) in [7, 11) is 0. The predicted molar refractivity (Wildman–Crippen MR) is 219 cm³/mol. The van der Waals surface area contributed by atoms with Gasteiger partial charge in [0.15, 0.2) is 11.6 Å². The molecule has 5 heterocycles. The van der Waals surface area contributed by atoms with Crippen molar-refractivity contribution in [1.82, 2.24) is 10.6 Å². The molecule has 13 nitrogen and oxygen atoms in total. The van der Waals surface area contributed by atoms with Crippen LogP contribution in [-0.2, 0) is 33.3 Å². The average Bonchev–Trinajstić information content (AvgIpc) is 3.52. The Bertz CT molecular complexity index is 1480. The number of aliphatic carboxylic acids is 1. The highest BCUT2D eigenvalue weighted by Gasteiger charge is 2.63. The van der Waals surface area contributed by atoms with Gasteiger partial charge < -0.3 is 49.6 Å². The van der Waals surface area contributed by atoms with Crippen LogP contribution in [0.4, 0.5) is 4.79 Å². The molecule has 58 heavy (non-hydrogen) atoms. The number of carboxylic acids is 1. The Labute approximate surface area is 347 Å². The molecule has 0 radical (unpaired) electrons. The van der Waals surface area contributed by atoms with Gasteiger partial charge in [0.2, 0.25) is 0 Å². The Hall–Kier alpha value is -2.13. The summed E-state index contributed by atoms with van der Waals surface area (Å²) >= 11 is 0. The third-order valence-corrected chi connectivity index (χ3v) is 15.1. The Morgan fingerprint density at radius 1 is 0.879 bits per heavy atom. The SMILES string of the molecule is CCNC(=O)N[C@@H]1C=C[C@]2(O[C@H]([C@@H](CC)C(=O)[C@@H](C)[C@@H](O)[C@H](C)[C@@H]3O[C@@H]([C@@H](CC)C(=O)O)CC[C@@H]3C)[C@@H](C)C[C@H]2C)O[C@@]12CC[C@@](C)([C@H]1CC[C@](O)(CC)[C@H](C)O1)O2. The normalized spacial score (nSPS) is 43.0. The molecule has 0 aromatic heterocycles. The van der Waals surface area contributed by atoms with Crippen molar-refractivity contribution in [2.75, 3.05) is 6.54 Å². The molecule has 2 amide bonds. The quantitative estimate of drug-likeness (QED) is 0.121. The second-order valence-corrected chi connectivity index (χ2v) is 19.0. The van der Waals surface area contributed by atoms with Crippen LogP contribution in [0.2, 0.25) is 0 Å². The molecule has 5 rings (SSSR count). The first-order valence-electron chi connectivity index (χ1n) is 22.5. The zero-order valence-electron chi connectivity index (χ0n) is 37.1. The smallest absolute Gasteiger partial charge is 0.315 e. The number of aliphatic hydroxyl groups is 2. The van der Waals surface area contributed by atoms with Crippen molar-refractivity contribution in [3.63, 3.8) is 0 Å². The maximum Gasteiger partial charge on any atom is 0.315 e. The molecule has 5 aliphatic rings. The first kappa shape index (κ1) is 46.9. The fourth-order valence-electron chi connectivity index (χ4n) is 11.0. The van der Waals surface area contributed by atoms with Crippen LogP contribution < -0.4 is 10.6 Å². The number of carbonyl (C=O) groups excluding carboxylic acids is 2. The fourth-order valence-corrected chi connectivity index (χ4v) is 11.0. The van der Waals surface area contributed by atoms with Gasteiger partial charge in [0.25, 0.3) is 0 Å². The summed E-state index contributed by atoms with van der Waals surface area (Å²) in [5.41, 5.74) is -1.68. The first-order valence-corrected chi connectivity index (χ1v) is 22.5. The number of rotatable bonds is 14. The lowest BCUT2D eigenvalue weighted by Gasteiger charge is -2.55. The molecule has 5 N–H and O–H groups in total. The summed E-state index contributed by atoms with van der Waals surface area (Å²) < 4.78 is 34.3. The number of ether oxygens (including phenoxy) is 5. The molecule has 0 aliphatic carbocycles. The van der Waals surface area contributed by atoms with E-state index in [2.05, 4.69) is 31.4 Å². The van der Waals surface area contributed by atoms with Crippen molar-refractivity contribution in [1.29, 1.82) is 0 Å². The molecule has 2 spiro atoms. The highest BCUT2D eigenvalue weighted by Crippen LogP contribution is 2.54. The van der Waals surface area contributed by atoms with Crippen LogP contribution in [-0.4, -0.2) is 105 Å². The summed E-state index contributed by atoms with van der Waals surface area (Å²) in [5.74, 6) is -5.90. The number of nitrogens with one attached hydrogen (secondary N) is 2. The lowest BCUT2D eigenvalue weighted by molar-refractivity contribution is -0.397. The van der Waals surface area contributed by atoms with Crippen LogP contribution in [0.25, 0.3) is 0 Å². The molecule has 18 atom stereocenters. The van der Waals surface area contributed by atoms with Crippen molar-refractivity contribution >= 4 is 17.8 Å². The van der Waals surface area contributed by atoms with Crippen LogP contribution in [0.5, 0.6) is 0 Å². The van der Waals surface area contributed by atoms with E-state index in [9.17, 15) is 29.7 Å². The Balaban J connectivity index is 1.38. The number of carboxylic acid groups (broad SMARTS) is 1. The van der Waals surface area contributed by atoms with Crippen LogP contribution in [0.15, 0.2) is 12.2 Å². The van der Waals surface area contributed by atoms with Gasteiger partial charge in [0, 0.05) is 36.6 Å². The minimum Gasteiger partial charge on any atom is -0.481 e. The van der Waals surface area contributed by atoms with Gasteiger partial charge in [-0.05, 0) is 96.5 Å². The number of hydrogen-bond donors (Lipinski definition) is 5. The molecular formula is C45H76N2O11. The van der Waals surface area contributed by atoms with E-state index in [1.165, 1.54) is 0 Å². The van der Waals surface area contributed by atoms with Gasteiger partial charge in [-0.3, -0.25) is 9.59 Å². The van der Waals surface area contributed by atoms with E-state index < -0.39 is 76.8 Å². The van der Waals surface area contributed by atoms with Gasteiger partial charge >= 0.3 is 12.0 Å². The van der Waals surface area contributed by atoms with Gasteiger partial charge in [-0.15, -0.1) is 0 Å². The van der Waals surface area contributed by atoms with Crippen LogP contribution in [0.3, 0.4) is 0 Å². The second kappa shape index (κ2) is 18.5. The Morgan fingerprint density at radius 3 is 2.17 bits per heavy atom. The van der Waals surface area contributed by atoms with Gasteiger partial charge in [0.1, 0.15) is 11.8 Å². The highest BCUT2D eigenvalue weighted by atomic mass is 16.8. The molecule has 0 aromatic rings. The van der Waals surface area contributed by atoms with Crippen molar-refractivity contribution in [3.05, 3.63) is 12.2 Å². The van der Waals surface area contributed by atoms with Gasteiger partial charge in [-0.2, -0.15) is 0 Å². The maximum atomic E-state index is 14.6. The van der Waals surface area contributed by atoms with Gasteiger partial charge in [-0.1, -0.05) is 61.5 Å². The molecule has 0 aromatic carbocycles. The highest BCUT2D eigenvalue weighted by molar-refractivity contribution is 5.84. The lowest BCUT2D eigenvalue weighted by Crippen LogP contribution is -2.66. The summed E-state index contributed by atoms with van der Waals surface area (Å²) in [6, 6.07) is -0.997. The molecule has 0 saturated carbocycles. The molecule has 332 valence electrons. The van der Waals surface area contributed by atoms with Crippen molar-refractivity contribution in [3.8, 4) is 0 Å². The van der Waals surface area contributed by atoms with Gasteiger partial charge in [-0.25, -0.2) is 4.79 Å². The zero-order chi connectivity index (χ0) is 43.0. The number of Topliss-reactive ketones (excluding diaryl/α,β-unsaturated/α-hetero) is 1. The molecule has 4 saturated heterocycles. The number of hydrogen-bond acceptors (Lipinski definition) is 10. The van der Waals surface area contributed by atoms with Crippen molar-refractivity contribution in [2.45, 2.75) is 206 Å². The Morgan fingerprint density at radius 2 is 1.57 bits per heavy atom. The third-order valence-electron chi connectivity index (χ3n) is 15.1. The van der Waals surface area contributed by atoms with Crippen LogP contribution >= 0.6 is 0 Å². The molecule has 0 unspecified atom stereocenters. The largest absolute Gasteiger partial charge is 0.481 e. The molecule has 4 fully saturated rings. The van der Waals surface area contributed by atoms with E-state index in [0.717, 1.165) is 6.42 Å². The zero-order valence-corrected chi connectivity index (χ0v) is 37.1. The summed E-state index contributed by atoms with van der Waals surface area (Å²) in [4.78, 5) is 39.6. The van der Waals surface area contributed by atoms with E-state index in [0.29, 0.717) is 64.3 Å². The maximum absolute atomic E-state index is 14.6. The van der Waals surface area contributed by atoms with Crippen molar-refractivity contribution in [2.24, 2.45) is 41.4 Å². The monoisotopic (exact) mass is 821 g/mol. The first-order chi connectivity index (χ1) is 27.2. The predicted octanol–water partition coefficient (Wildman–Crippen LogP) is 6.51. The summed E-state index contributed by atoms with van der Waals surface area (Å²) in [6.07, 6.45) is 6.64. The topological polar surface area (TPSA) is 182 Å². The summed E-state index contributed by atoms with van der Waals surface area (Å²) in [6.45, 7) is 22.0. The molecule has 13 heteroatoms. The second-order valence-electron chi connectivity index (χ2n) is 19.0. The lowest BCUT2D eigenvalue weighted by atomic mass is 9.72. The minimum absolute atomic E-state index is 0.0101. The van der Waals surface area contributed by atoms with E-state index >= 15 is 0 Å². The molecule has 5 aliphatic heterocycles. The van der Waals surface area contributed by atoms with Crippen molar-refractivity contribution < 1.29 is 53.4 Å². The van der Waals surface area contributed by atoms with Crippen LogP contribution in [0, 0.1) is 41.4 Å². The summed E-state index contributed by atoms with van der Waals surface area (Å²) in [5, 5.41) is 38.7. The van der Waals surface area contributed by atoms with Crippen LogP contribution in [0.1, 0.15) is 140 Å².